The summed E-state index contributed by atoms with van der Waals surface area (Å²) in [7, 11) is 1.59. The molecule has 0 aliphatic heterocycles. The van der Waals surface area contributed by atoms with Gasteiger partial charge in [-0.2, -0.15) is 0 Å². The molecule has 0 fully saturated rings. The molecule has 116 valence electrons. The summed E-state index contributed by atoms with van der Waals surface area (Å²) in [5, 5.41) is 17.2. The number of carboxylic acids is 1. The van der Waals surface area contributed by atoms with Crippen LogP contribution < -0.4 is 4.74 Å². The van der Waals surface area contributed by atoms with Gasteiger partial charge in [-0.15, -0.1) is 5.10 Å². The summed E-state index contributed by atoms with van der Waals surface area (Å²) in [6.45, 7) is 1.97. The molecule has 1 heterocycles. The smallest absolute Gasteiger partial charge is 0.358 e. The third-order valence-corrected chi connectivity index (χ3v) is 3.51. The molecule has 0 saturated heterocycles. The Kier molecular flexibility index (Phi) is 3.80. The topological polar surface area (TPSA) is 77.2 Å². The molecule has 2 aromatic carbocycles. The van der Waals surface area contributed by atoms with Gasteiger partial charge in [0.05, 0.1) is 12.8 Å². The van der Waals surface area contributed by atoms with Crippen LogP contribution in [0.3, 0.4) is 0 Å². The highest BCUT2D eigenvalue weighted by atomic mass is 16.5. The number of aryl methyl sites for hydroxylation is 1. The normalized spacial score (nSPS) is 10.5. The Balaban J connectivity index is 2.17. The van der Waals surface area contributed by atoms with Crippen LogP contribution in [0.1, 0.15) is 16.1 Å². The molecule has 6 heteroatoms. The zero-order chi connectivity index (χ0) is 16.4. The monoisotopic (exact) mass is 309 g/mol. The van der Waals surface area contributed by atoms with Crippen molar-refractivity contribution in [3.05, 3.63) is 59.8 Å². The predicted molar refractivity (Wildman–Crippen MR) is 85.0 cm³/mol. The van der Waals surface area contributed by atoms with Crippen LogP contribution in [0, 0.1) is 6.92 Å². The van der Waals surface area contributed by atoms with E-state index in [0.717, 1.165) is 11.1 Å². The highest BCUT2D eigenvalue weighted by Gasteiger charge is 2.21. The lowest BCUT2D eigenvalue weighted by molar-refractivity contribution is 0.0691. The van der Waals surface area contributed by atoms with Gasteiger partial charge in [0.25, 0.3) is 0 Å². The van der Waals surface area contributed by atoms with Gasteiger partial charge >= 0.3 is 5.97 Å². The molecule has 0 spiro atoms. The molecule has 6 nitrogen and oxygen atoms in total. The molecule has 0 aliphatic carbocycles. The summed E-state index contributed by atoms with van der Waals surface area (Å²) in [5.74, 6) is -0.399. The standard InChI is InChI=1S/C17H15N3O3/c1-11-3-5-12(6-4-11)16-15(17(21)22)18-19-20(16)13-7-9-14(23-2)10-8-13/h3-10H,1-2H3,(H,21,22). The highest BCUT2D eigenvalue weighted by molar-refractivity contribution is 5.93. The maximum atomic E-state index is 11.5. The van der Waals surface area contributed by atoms with E-state index in [1.54, 1.807) is 31.4 Å². The molecule has 0 radical (unpaired) electrons. The molecule has 3 aromatic rings. The molecular weight excluding hydrogens is 294 g/mol. The Morgan fingerprint density at radius 3 is 2.30 bits per heavy atom. The summed E-state index contributed by atoms with van der Waals surface area (Å²) in [4.78, 5) is 11.5. The van der Waals surface area contributed by atoms with E-state index in [1.165, 1.54) is 4.68 Å². The van der Waals surface area contributed by atoms with Crippen LogP contribution in [-0.4, -0.2) is 33.2 Å². The van der Waals surface area contributed by atoms with Gasteiger partial charge in [-0.1, -0.05) is 35.0 Å². The Morgan fingerprint density at radius 1 is 1.09 bits per heavy atom. The summed E-state index contributed by atoms with van der Waals surface area (Å²) < 4.78 is 6.66. The van der Waals surface area contributed by atoms with Gasteiger partial charge in [0.1, 0.15) is 11.4 Å². The van der Waals surface area contributed by atoms with E-state index < -0.39 is 5.97 Å². The number of ether oxygens (including phenoxy) is 1. The van der Waals surface area contributed by atoms with E-state index in [9.17, 15) is 9.90 Å². The van der Waals surface area contributed by atoms with Crippen molar-refractivity contribution in [2.24, 2.45) is 0 Å². The van der Waals surface area contributed by atoms with E-state index >= 15 is 0 Å². The lowest BCUT2D eigenvalue weighted by Gasteiger charge is -2.08. The average molecular weight is 309 g/mol. The molecule has 0 aliphatic rings. The van der Waals surface area contributed by atoms with Gasteiger partial charge in [0.2, 0.25) is 0 Å². The van der Waals surface area contributed by atoms with E-state index in [-0.39, 0.29) is 5.69 Å². The number of hydrogen-bond acceptors (Lipinski definition) is 4. The second kappa shape index (κ2) is 5.92. The van der Waals surface area contributed by atoms with Crippen molar-refractivity contribution in [1.82, 2.24) is 15.0 Å². The molecule has 0 saturated carbocycles. The fourth-order valence-electron chi connectivity index (χ4n) is 2.30. The Morgan fingerprint density at radius 2 is 1.74 bits per heavy atom. The molecule has 1 aromatic heterocycles. The Labute approximate surface area is 133 Å². The van der Waals surface area contributed by atoms with Crippen LogP contribution >= 0.6 is 0 Å². The second-order valence-corrected chi connectivity index (χ2v) is 5.07. The second-order valence-electron chi connectivity index (χ2n) is 5.07. The van der Waals surface area contributed by atoms with E-state index in [4.69, 9.17) is 4.74 Å². The van der Waals surface area contributed by atoms with Gasteiger partial charge < -0.3 is 9.84 Å². The van der Waals surface area contributed by atoms with Crippen molar-refractivity contribution >= 4 is 5.97 Å². The van der Waals surface area contributed by atoms with Crippen molar-refractivity contribution in [3.63, 3.8) is 0 Å². The van der Waals surface area contributed by atoms with Crippen LogP contribution in [0.15, 0.2) is 48.5 Å². The number of benzene rings is 2. The van der Waals surface area contributed by atoms with Crippen molar-refractivity contribution in [1.29, 1.82) is 0 Å². The van der Waals surface area contributed by atoms with Gasteiger partial charge in [0, 0.05) is 5.56 Å². The Hall–Kier alpha value is -3.15. The Bertz CT molecular complexity index is 837. The van der Waals surface area contributed by atoms with Gasteiger partial charge in [-0.25, -0.2) is 9.48 Å². The minimum atomic E-state index is -1.11. The van der Waals surface area contributed by atoms with Gasteiger partial charge in [0.15, 0.2) is 5.69 Å². The van der Waals surface area contributed by atoms with E-state index in [0.29, 0.717) is 17.1 Å². The number of nitrogens with zero attached hydrogens (tertiary/aromatic N) is 3. The van der Waals surface area contributed by atoms with Crippen LogP contribution in [0.2, 0.25) is 0 Å². The first-order valence-electron chi connectivity index (χ1n) is 7.00. The largest absolute Gasteiger partial charge is 0.497 e. The average Bonchev–Trinajstić information content (AvgIpc) is 3.01. The maximum absolute atomic E-state index is 11.5. The summed E-state index contributed by atoms with van der Waals surface area (Å²) in [5.41, 5.74) is 2.91. The number of aromatic carboxylic acids is 1. The predicted octanol–water partition coefficient (Wildman–Crippen LogP) is 2.95. The minimum absolute atomic E-state index is 0.0790. The molecule has 3 rings (SSSR count). The van der Waals surface area contributed by atoms with Crippen LogP contribution in [0.5, 0.6) is 5.75 Å². The van der Waals surface area contributed by atoms with Crippen LogP contribution in [-0.2, 0) is 0 Å². The SMILES string of the molecule is COc1ccc(-n2nnc(C(=O)O)c2-c2ccc(C)cc2)cc1. The quantitative estimate of drug-likeness (QED) is 0.801. The fourth-order valence-corrected chi connectivity index (χ4v) is 2.30. The third-order valence-electron chi connectivity index (χ3n) is 3.51. The summed E-state index contributed by atoms with van der Waals surface area (Å²) >= 11 is 0. The first-order chi connectivity index (χ1) is 11.1. The third kappa shape index (κ3) is 2.78. The highest BCUT2D eigenvalue weighted by Crippen LogP contribution is 2.26. The van der Waals surface area contributed by atoms with Crippen molar-refractivity contribution in [2.75, 3.05) is 7.11 Å². The number of carbonyl (C=O) groups is 1. The number of carboxylic acid groups (broad SMARTS) is 1. The van der Waals surface area contributed by atoms with E-state index in [2.05, 4.69) is 10.3 Å². The molecule has 0 bridgehead atoms. The summed E-state index contributed by atoms with van der Waals surface area (Å²) in [6, 6.07) is 14.8. The fraction of sp³-hybridized carbons (Fsp3) is 0.118. The molecule has 0 atom stereocenters. The van der Waals surface area contributed by atoms with Gasteiger partial charge in [-0.05, 0) is 31.2 Å². The molecule has 0 amide bonds. The van der Waals surface area contributed by atoms with Crippen molar-refractivity contribution < 1.29 is 14.6 Å². The molecule has 23 heavy (non-hydrogen) atoms. The van der Waals surface area contributed by atoms with Crippen molar-refractivity contribution in [2.45, 2.75) is 6.92 Å². The number of aromatic nitrogens is 3. The zero-order valence-corrected chi connectivity index (χ0v) is 12.7. The van der Waals surface area contributed by atoms with Crippen LogP contribution in [0.25, 0.3) is 16.9 Å². The summed E-state index contributed by atoms with van der Waals surface area (Å²) in [6.07, 6.45) is 0. The molecular formula is C17H15N3O3. The van der Waals surface area contributed by atoms with E-state index in [1.807, 2.05) is 31.2 Å². The molecule has 0 unspecified atom stereocenters. The zero-order valence-electron chi connectivity index (χ0n) is 12.7. The minimum Gasteiger partial charge on any atom is -0.497 e. The number of methoxy groups -OCH3 is 1. The van der Waals surface area contributed by atoms with Gasteiger partial charge in [-0.3, -0.25) is 0 Å². The van der Waals surface area contributed by atoms with Crippen LogP contribution in [0.4, 0.5) is 0 Å². The number of rotatable bonds is 4. The molecule has 1 N–H and O–H groups in total. The maximum Gasteiger partial charge on any atom is 0.358 e. The number of hydrogen-bond donors (Lipinski definition) is 1. The van der Waals surface area contributed by atoms with Crippen molar-refractivity contribution in [3.8, 4) is 22.7 Å². The lowest BCUT2D eigenvalue weighted by Crippen LogP contribution is -2.03. The lowest BCUT2D eigenvalue weighted by atomic mass is 10.1. The first kappa shape index (κ1) is 14.8. The first-order valence-corrected chi connectivity index (χ1v) is 7.00.